The number of aryl methyl sites for hydroxylation is 1. The van der Waals surface area contributed by atoms with E-state index in [4.69, 9.17) is 0 Å². The van der Waals surface area contributed by atoms with Gasteiger partial charge in [-0.15, -0.1) is 0 Å². The SMILES string of the molecule is O=C(C1=CNC2N=CC=NC12)c1c(F)c(F)cc(CCCNS(=O)[O-])c1F. The third kappa shape index (κ3) is 3.99. The summed E-state index contributed by atoms with van der Waals surface area (Å²) in [4.78, 5) is 20.8. The van der Waals surface area contributed by atoms with Crippen molar-refractivity contribution in [3.8, 4) is 0 Å². The van der Waals surface area contributed by atoms with Crippen LogP contribution in [0.2, 0.25) is 0 Å². The summed E-state index contributed by atoms with van der Waals surface area (Å²) in [6.45, 7) is -0.0105. The van der Waals surface area contributed by atoms with Gasteiger partial charge in [-0.1, -0.05) is 0 Å². The zero-order chi connectivity index (χ0) is 19.6. The number of nitrogens with one attached hydrogen (secondary N) is 2. The Hall–Kier alpha value is -2.37. The summed E-state index contributed by atoms with van der Waals surface area (Å²) in [5.74, 6) is -5.12. The number of hydrogen-bond donors (Lipinski definition) is 2. The van der Waals surface area contributed by atoms with Gasteiger partial charge in [-0.25, -0.2) is 17.9 Å². The Balaban J connectivity index is 1.86. The molecular formula is C16H14F3N4O3S-. The number of carbonyl (C=O) groups excluding carboxylic acids is 1. The van der Waals surface area contributed by atoms with E-state index in [-0.39, 0.29) is 30.5 Å². The predicted octanol–water partition coefficient (Wildman–Crippen LogP) is 0.940. The van der Waals surface area contributed by atoms with Crippen LogP contribution in [0, 0.1) is 17.5 Å². The molecular weight excluding hydrogens is 385 g/mol. The van der Waals surface area contributed by atoms with Crippen LogP contribution in [0.15, 0.2) is 27.8 Å². The summed E-state index contributed by atoms with van der Waals surface area (Å²) in [5, 5.41) is 2.78. The fraction of sp³-hybridized carbons (Fsp3) is 0.312. The fourth-order valence-electron chi connectivity index (χ4n) is 2.89. The van der Waals surface area contributed by atoms with Crippen LogP contribution < -0.4 is 10.0 Å². The Labute approximate surface area is 154 Å². The number of Topliss-reactive ketones (excluding diaryl/α,β-unsaturated/α-hetero) is 1. The van der Waals surface area contributed by atoms with Gasteiger partial charge in [0.05, 0.1) is 5.56 Å². The molecule has 0 saturated carbocycles. The highest BCUT2D eigenvalue weighted by Gasteiger charge is 2.37. The summed E-state index contributed by atoms with van der Waals surface area (Å²) in [6, 6.07) is -0.0767. The maximum absolute atomic E-state index is 14.7. The van der Waals surface area contributed by atoms with E-state index in [1.807, 2.05) is 0 Å². The minimum absolute atomic E-state index is 0.0105. The quantitative estimate of drug-likeness (QED) is 0.308. The second-order valence-corrected chi connectivity index (χ2v) is 6.59. The Bertz CT molecular complexity index is 888. The molecule has 3 rings (SSSR count). The molecule has 0 aromatic heterocycles. The van der Waals surface area contributed by atoms with E-state index in [2.05, 4.69) is 20.0 Å². The molecule has 0 aliphatic carbocycles. The van der Waals surface area contributed by atoms with Crippen molar-refractivity contribution in [2.75, 3.05) is 6.54 Å². The fourth-order valence-corrected chi connectivity index (χ4v) is 3.20. The number of nitrogens with zero attached hydrogens (tertiary/aromatic N) is 2. The van der Waals surface area contributed by atoms with Gasteiger partial charge in [-0.2, -0.15) is 0 Å². The van der Waals surface area contributed by atoms with E-state index >= 15 is 0 Å². The molecule has 0 spiro atoms. The molecule has 2 aliphatic rings. The summed E-state index contributed by atoms with van der Waals surface area (Å²) in [6.07, 6.45) is 3.57. The van der Waals surface area contributed by atoms with Gasteiger partial charge in [0.15, 0.2) is 17.4 Å². The topological polar surface area (TPSA) is 106 Å². The molecule has 0 bridgehead atoms. The van der Waals surface area contributed by atoms with Gasteiger partial charge < -0.3 is 9.87 Å². The van der Waals surface area contributed by atoms with Crippen LogP contribution >= 0.6 is 0 Å². The molecule has 27 heavy (non-hydrogen) atoms. The standard InChI is InChI=1S/C16H15F3N4O3S/c17-10-6-8(2-1-3-23-27(25)26)12(18)11(13(10)19)15(24)9-7-22-16-14(9)20-4-5-21-16/h4-7,14,16,22-23H,1-3H2,(H,25,26)/p-1. The molecule has 1 aromatic carbocycles. The van der Waals surface area contributed by atoms with Crippen molar-refractivity contribution < 1.29 is 26.7 Å². The Morgan fingerprint density at radius 1 is 1.26 bits per heavy atom. The van der Waals surface area contributed by atoms with Gasteiger partial charge in [0.25, 0.3) is 0 Å². The van der Waals surface area contributed by atoms with E-state index in [0.29, 0.717) is 6.07 Å². The first-order valence-corrected chi connectivity index (χ1v) is 9.02. The van der Waals surface area contributed by atoms with Gasteiger partial charge in [-0.05, 0) is 24.5 Å². The Morgan fingerprint density at radius 2 is 2.00 bits per heavy atom. The molecule has 144 valence electrons. The minimum atomic E-state index is -2.48. The molecule has 2 N–H and O–H groups in total. The van der Waals surface area contributed by atoms with Gasteiger partial charge in [0, 0.05) is 42.0 Å². The summed E-state index contributed by atoms with van der Waals surface area (Å²) in [5.41, 5.74) is -1.24. The maximum Gasteiger partial charge on any atom is 0.198 e. The predicted molar refractivity (Wildman–Crippen MR) is 91.7 cm³/mol. The zero-order valence-corrected chi connectivity index (χ0v) is 14.6. The van der Waals surface area contributed by atoms with Crippen molar-refractivity contribution in [3.05, 3.63) is 46.4 Å². The highest BCUT2D eigenvalue weighted by Crippen LogP contribution is 2.28. The normalized spacial score (nSPS) is 21.6. The van der Waals surface area contributed by atoms with Gasteiger partial charge in [0.2, 0.25) is 0 Å². The Morgan fingerprint density at radius 3 is 2.74 bits per heavy atom. The number of aliphatic imine (C=N–C) groups is 2. The first kappa shape index (κ1) is 19.4. The second kappa shape index (κ2) is 8.11. The van der Waals surface area contributed by atoms with Crippen LogP contribution in [0.25, 0.3) is 0 Å². The van der Waals surface area contributed by atoms with Crippen molar-refractivity contribution in [2.45, 2.75) is 25.0 Å². The molecule has 0 saturated heterocycles. The highest BCUT2D eigenvalue weighted by atomic mass is 32.2. The first-order valence-electron chi connectivity index (χ1n) is 7.95. The lowest BCUT2D eigenvalue weighted by Gasteiger charge is -2.17. The lowest BCUT2D eigenvalue weighted by molar-refractivity contribution is 0.102. The Kier molecular flexibility index (Phi) is 5.82. The third-order valence-electron chi connectivity index (χ3n) is 4.15. The molecule has 0 amide bonds. The van der Waals surface area contributed by atoms with E-state index in [9.17, 15) is 26.7 Å². The van der Waals surface area contributed by atoms with Crippen LogP contribution in [-0.2, 0) is 17.7 Å². The van der Waals surface area contributed by atoms with Crippen molar-refractivity contribution in [3.63, 3.8) is 0 Å². The van der Waals surface area contributed by atoms with Gasteiger partial charge in [0.1, 0.15) is 18.0 Å². The molecule has 0 fully saturated rings. The monoisotopic (exact) mass is 399 g/mol. The average molecular weight is 399 g/mol. The first-order chi connectivity index (χ1) is 12.9. The summed E-state index contributed by atoms with van der Waals surface area (Å²) >= 11 is -2.48. The highest BCUT2D eigenvalue weighted by molar-refractivity contribution is 7.77. The van der Waals surface area contributed by atoms with E-state index in [0.717, 1.165) is 0 Å². The van der Waals surface area contributed by atoms with Crippen molar-refractivity contribution in [1.29, 1.82) is 0 Å². The molecule has 3 atom stereocenters. The average Bonchev–Trinajstić information content (AvgIpc) is 3.06. The molecule has 1 aromatic rings. The number of halogens is 3. The number of rotatable bonds is 7. The van der Waals surface area contributed by atoms with Crippen LogP contribution in [0.1, 0.15) is 22.3 Å². The molecule has 2 heterocycles. The smallest absolute Gasteiger partial charge is 0.198 e. The number of benzene rings is 1. The van der Waals surface area contributed by atoms with E-state index in [1.54, 1.807) is 0 Å². The second-order valence-electron chi connectivity index (χ2n) is 5.83. The number of fused-ring (bicyclic) bond motifs is 1. The van der Waals surface area contributed by atoms with Crippen molar-refractivity contribution >= 4 is 29.5 Å². The maximum atomic E-state index is 14.7. The van der Waals surface area contributed by atoms with Crippen LogP contribution in [0.5, 0.6) is 0 Å². The van der Waals surface area contributed by atoms with Gasteiger partial charge >= 0.3 is 0 Å². The number of hydrogen-bond acceptors (Lipinski definition) is 6. The van der Waals surface area contributed by atoms with Crippen molar-refractivity contribution in [1.82, 2.24) is 10.0 Å². The van der Waals surface area contributed by atoms with Crippen LogP contribution in [0.3, 0.4) is 0 Å². The summed E-state index contributed by atoms with van der Waals surface area (Å²) < 4.78 is 65.8. The number of ketones is 1. The molecule has 3 unspecified atom stereocenters. The lowest BCUT2D eigenvalue weighted by Crippen LogP contribution is -2.32. The van der Waals surface area contributed by atoms with Gasteiger partial charge in [-0.3, -0.25) is 19.0 Å². The molecule has 2 aliphatic heterocycles. The van der Waals surface area contributed by atoms with Crippen molar-refractivity contribution in [2.24, 2.45) is 9.98 Å². The molecule has 11 heteroatoms. The summed E-state index contributed by atoms with van der Waals surface area (Å²) in [7, 11) is 0. The van der Waals surface area contributed by atoms with Crippen LogP contribution in [-0.4, -0.2) is 45.7 Å². The molecule has 0 radical (unpaired) electrons. The largest absolute Gasteiger partial charge is 0.760 e. The van der Waals surface area contributed by atoms with E-state index < -0.39 is 52.3 Å². The number of carbonyl (C=O) groups is 1. The lowest BCUT2D eigenvalue weighted by atomic mass is 9.94. The van der Waals surface area contributed by atoms with Crippen LogP contribution in [0.4, 0.5) is 13.2 Å². The zero-order valence-electron chi connectivity index (χ0n) is 13.7. The minimum Gasteiger partial charge on any atom is -0.760 e. The third-order valence-corrected chi connectivity index (χ3v) is 4.59. The van der Waals surface area contributed by atoms with E-state index in [1.165, 1.54) is 18.6 Å². The molecule has 7 nitrogen and oxygen atoms in total.